The average molecular weight is 312 g/mol. The van der Waals surface area contributed by atoms with Gasteiger partial charge in [-0.05, 0) is 49.4 Å². The molecule has 0 saturated heterocycles. The van der Waals surface area contributed by atoms with Crippen molar-refractivity contribution in [2.45, 2.75) is 40.2 Å². The van der Waals surface area contributed by atoms with Crippen molar-refractivity contribution < 1.29 is 9.59 Å². The number of aryl methyl sites for hydroxylation is 2. The summed E-state index contributed by atoms with van der Waals surface area (Å²) in [6.45, 7) is 8.10. The van der Waals surface area contributed by atoms with Crippen molar-refractivity contribution in [3.63, 3.8) is 0 Å². The van der Waals surface area contributed by atoms with E-state index in [2.05, 4.69) is 19.2 Å². The van der Waals surface area contributed by atoms with Gasteiger partial charge in [-0.1, -0.05) is 32.0 Å². The fraction of sp³-hybridized carbons (Fsp3) is 0.368. The molecule has 0 aliphatic heterocycles. The molecule has 2 rings (SSSR count). The smallest absolute Gasteiger partial charge is 0.247 e. The lowest BCUT2D eigenvalue weighted by molar-refractivity contribution is -0.119. The summed E-state index contributed by atoms with van der Waals surface area (Å²) < 4.78 is 1.76. The van der Waals surface area contributed by atoms with E-state index in [1.807, 2.05) is 32.0 Å². The van der Waals surface area contributed by atoms with Crippen LogP contribution in [-0.2, 0) is 4.79 Å². The van der Waals surface area contributed by atoms with Crippen LogP contribution in [0.4, 0.5) is 5.69 Å². The molecule has 1 atom stereocenters. The molecule has 0 bridgehead atoms. The van der Waals surface area contributed by atoms with Crippen LogP contribution in [0.15, 0.2) is 36.5 Å². The summed E-state index contributed by atoms with van der Waals surface area (Å²) in [4.78, 5) is 24.1. The third-order valence-electron chi connectivity index (χ3n) is 3.99. The van der Waals surface area contributed by atoms with Gasteiger partial charge in [0.15, 0.2) is 6.29 Å². The van der Waals surface area contributed by atoms with Gasteiger partial charge < -0.3 is 9.88 Å². The van der Waals surface area contributed by atoms with Gasteiger partial charge >= 0.3 is 0 Å². The molecule has 1 aromatic carbocycles. The van der Waals surface area contributed by atoms with Crippen LogP contribution in [0.5, 0.6) is 0 Å². The van der Waals surface area contributed by atoms with Crippen molar-refractivity contribution in [1.29, 1.82) is 0 Å². The molecule has 1 aromatic heterocycles. The maximum absolute atomic E-state index is 12.9. The molecule has 0 radical (unpaired) electrons. The molecule has 2 aromatic rings. The molecule has 1 N–H and O–H groups in total. The molecule has 1 heterocycles. The Hall–Kier alpha value is -2.36. The SMILES string of the molecule is Cc1cccc(C)c1NC(=O)C(CC(C)C)n1cccc1C=O. The van der Waals surface area contributed by atoms with E-state index in [1.165, 1.54) is 0 Å². The van der Waals surface area contributed by atoms with Gasteiger partial charge in [-0.25, -0.2) is 0 Å². The van der Waals surface area contributed by atoms with Crippen LogP contribution in [0.1, 0.15) is 47.9 Å². The van der Waals surface area contributed by atoms with Crippen molar-refractivity contribution in [1.82, 2.24) is 4.57 Å². The molecular weight excluding hydrogens is 288 g/mol. The first-order valence-corrected chi connectivity index (χ1v) is 7.93. The monoisotopic (exact) mass is 312 g/mol. The first kappa shape index (κ1) is 17.0. The molecule has 23 heavy (non-hydrogen) atoms. The fourth-order valence-corrected chi connectivity index (χ4v) is 2.80. The van der Waals surface area contributed by atoms with Gasteiger partial charge in [0.2, 0.25) is 5.91 Å². The summed E-state index contributed by atoms with van der Waals surface area (Å²) in [6, 6.07) is 9.06. The zero-order valence-corrected chi connectivity index (χ0v) is 14.2. The molecule has 1 amide bonds. The highest BCUT2D eigenvalue weighted by molar-refractivity contribution is 5.95. The Morgan fingerprint density at radius 2 is 1.83 bits per heavy atom. The zero-order chi connectivity index (χ0) is 17.0. The molecule has 4 nitrogen and oxygen atoms in total. The van der Waals surface area contributed by atoms with Gasteiger partial charge in [0.1, 0.15) is 6.04 Å². The molecule has 0 saturated carbocycles. The predicted molar refractivity (Wildman–Crippen MR) is 92.9 cm³/mol. The van der Waals surface area contributed by atoms with E-state index >= 15 is 0 Å². The van der Waals surface area contributed by atoms with Crippen LogP contribution in [0.3, 0.4) is 0 Å². The van der Waals surface area contributed by atoms with Gasteiger partial charge in [-0.15, -0.1) is 0 Å². The number of nitrogens with zero attached hydrogens (tertiary/aromatic N) is 1. The van der Waals surface area contributed by atoms with Crippen LogP contribution < -0.4 is 5.32 Å². The standard InChI is InChI=1S/C19H24N2O2/c1-13(2)11-17(21-10-6-9-16(21)12-22)19(23)20-18-14(3)7-5-8-15(18)4/h5-10,12-13,17H,11H2,1-4H3,(H,20,23). The van der Waals surface area contributed by atoms with Gasteiger partial charge in [0, 0.05) is 11.9 Å². The number of aldehydes is 1. The Bertz CT molecular complexity index is 681. The predicted octanol–water partition coefficient (Wildman–Crippen LogP) is 4.14. The van der Waals surface area contributed by atoms with Crippen LogP contribution in [0, 0.1) is 19.8 Å². The molecule has 0 aliphatic rings. The average Bonchev–Trinajstić information content (AvgIpc) is 2.96. The molecule has 0 fully saturated rings. The first-order valence-electron chi connectivity index (χ1n) is 7.93. The third-order valence-corrected chi connectivity index (χ3v) is 3.99. The Kier molecular flexibility index (Phi) is 5.37. The molecule has 4 heteroatoms. The first-order chi connectivity index (χ1) is 10.9. The fourth-order valence-electron chi connectivity index (χ4n) is 2.80. The number of hydrogen-bond donors (Lipinski definition) is 1. The number of rotatable bonds is 6. The van der Waals surface area contributed by atoms with E-state index in [4.69, 9.17) is 0 Å². The number of aromatic nitrogens is 1. The molecule has 0 aliphatic carbocycles. The summed E-state index contributed by atoms with van der Waals surface area (Å²) in [5.74, 6) is 0.251. The topological polar surface area (TPSA) is 51.1 Å². The summed E-state index contributed by atoms with van der Waals surface area (Å²) in [5.41, 5.74) is 3.44. The molecular formula is C19H24N2O2. The minimum Gasteiger partial charge on any atom is -0.333 e. The van der Waals surface area contributed by atoms with Crippen LogP contribution in [0.2, 0.25) is 0 Å². The minimum absolute atomic E-state index is 0.0876. The van der Waals surface area contributed by atoms with Crippen LogP contribution >= 0.6 is 0 Å². The quantitative estimate of drug-likeness (QED) is 0.815. The van der Waals surface area contributed by atoms with Crippen LogP contribution in [0.25, 0.3) is 0 Å². The highest BCUT2D eigenvalue weighted by Crippen LogP contribution is 2.25. The maximum atomic E-state index is 12.9. The number of benzene rings is 1. The van der Waals surface area contributed by atoms with E-state index < -0.39 is 6.04 Å². The Morgan fingerprint density at radius 1 is 1.17 bits per heavy atom. The normalized spacial score (nSPS) is 12.2. The minimum atomic E-state index is -0.399. The Labute approximate surface area is 137 Å². The van der Waals surface area contributed by atoms with Gasteiger partial charge in [-0.3, -0.25) is 9.59 Å². The second-order valence-electron chi connectivity index (χ2n) is 6.36. The molecule has 0 spiro atoms. The summed E-state index contributed by atoms with van der Waals surface area (Å²) in [7, 11) is 0. The largest absolute Gasteiger partial charge is 0.333 e. The number of amides is 1. The summed E-state index contributed by atoms with van der Waals surface area (Å²) in [6.07, 6.45) is 3.26. The molecule has 122 valence electrons. The summed E-state index contributed by atoms with van der Waals surface area (Å²) in [5, 5.41) is 3.05. The number of nitrogens with one attached hydrogen (secondary N) is 1. The van der Waals surface area contributed by atoms with Crippen molar-refractivity contribution in [2.24, 2.45) is 5.92 Å². The van der Waals surface area contributed by atoms with Gasteiger partial charge in [-0.2, -0.15) is 0 Å². The lowest BCUT2D eigenvalue weighted by Crippen LogP contribution is -2.28. The van der Waals surface area contributed by atoms with Crippen LogP contribution in [-0.4, -0.2) is 16.8 Å². The third kappa shape index (κ3) is 3.89. The maximum Gasteiger partial charge on any atom is 0.247 e. The lowest BCUT2D eigenvalue weighted by atomic mass is 10.0. The van der Waals surface area contributed by atoms with Crippen molar-refractivity contribution >= 4 is 17.9 Å². The van der Waals surface area contributed by atoms with Gasteiger partial charge in [0.05, 0.1) is 5.69 Å². The number of hydrogen-bond acceptors (Lipinski definition) is 2. The van der Waals surface area contributed by atoms with Crippen molar-refractivity contribution in [2.75, 3.05) is 5.32 Å². The number of para-hydroxylation sites is 1. The Morgan fingerprint density at radius 3 is 2.39 bits per heavy atom. The number of carbonyl (C=O) groups excluding carboxylic acids is 2. The highest BCUT2D eigenvalue weighted by Gasteiger charge is 2.24. The van der Waals surface area contributed by atoms with E-state index in [0.29, 0.717) is 18.0 Å². The number of carbonyl (C=O) groups is 2. The number of anilines is 1. The van der Waals surface area contributed by atoms with Crippen molar-refractivity contribution in [3.8, 4) is 0 Å². The van der Waals surface area contributed by atoms with E-state index in [-0.39, 0.29) is 5.91 Å². The zero-order valence-electron chi connectivity index (χ0n) is 14.2. The van der Waals surface area contributed by atoms with E-state index in [9.17, 15) is 9.59 Å². The second kappa shape index (κ2) is 7.27. The van der Waals surface area contributed by atoms with Gasteiger partial charge in [0.25, 0.3) is 0 Å². The summed E-state index contributed by atoms with van der Waals surface area (Å²) >= 11 is 0. The van der Waals surface area contributed by atoms with Crippen molar-refractivity contribution in [3.05, 3.63) is 53.3 Å². The van der Waals surface area contributed by atoms with E-state index in [1.54, 1.807) is 22.9 Å². The second-order valence-corrected chi connectivity index (χ2v) is 6.36. The Balaban J connectivity index is 2.32. The highest BCUT2D eigenvalue weighted by atomic mass is 16.2. The molecule has 1 unspecified atom stereocenters. The van der Waals surface area contributed by atoms with E-state index in [0.717, 1.165) is 23.1 Å². The lowest BCUT2D eigenvalue weighted by Gasteiger charge is -2.23.